The van der Waals surface area contributed by atoms with Crippen molar-refractivity contribution in [2.45, 2.75) is 0 Å². The molecule has 48 valence electrons. The summed E-state index contributed by atoms with van der Waals surface area (Å²) in [5.74, 6) is -0.667. The quantitative estimate of drug-likeness (QED) is 0.384. The van der Waals surface area contributed by atoms with E-state index in [0.717, 1.165) is 0 Å². The molecular weight excluding hydrogens is 124 g/mol. The van der Waals surface area contributed by atoms with E-state index in [0.29, 0.717) is 0 Å². The Morgan fingerprint density at radius 3 is 1.57 bits per heavy atom. The van der Waals surface area contributed by atoms with Gasteiger partial charge in [0.05, 0.1) is 0 Å². The maximum absolute atomic E-state index is 9.23. The lowest BCUT2D eigenvalue weighted by atomic mass is 11.7. The van der Waals surface area contributed by atoms with Gasteiger partial charge in [0.15, 0.2) is 11.1 Å². The van der Waals surface area contributed by atoms with E-state index in [1.54, 1.807) is 0 Å². The van der Waals surface area contributed by atoms with Crippen LogP contribution in [0.3, 0.4) is 0 Å². The Labute approximate surface area is 42.9 Å². The van der Waals surface area contributed by atoms with Gasteiger partial charge in [0.1, 0.15) is 5.94 Å². The summed E-state index contributed by atoms with van der Waals surface area (Å²) < 4.78 is 16.8. The van der Waals surface area contributed by atoms with Crippen LogP contribution >= 0.6 is 0 Å². The van der Waals surface area contributed by atoms with E-state index in [1.165, 1.54) is 0 Å². The Morgan fingerprint density at radius 2 is 1.57 bits per heavy atom. The molecule has 0 aliphatic carbocycles. The Hall–Kier alpha value is -0.0100. The zero-order valence-electron chi connectivity index (χ0n) is 3.42. The van der Waals surface area contributed by atoms with Crippen molar-refractivity contribution in [2.24, 2.45) is 0 Å². The number of aliphatic hydroxyl groups excluding tert-OH is 1. The molecule has 7 heavy (non-hydrogen) atoms. The van der Waals surface area contributed by atoms with Crippen LogP contribution in [0.4, 0.5) is 0 Å². The summed E-state index contributed by atoms with van der Waals surface area (Å²) in [4.78, 5) is 0. The van der Waals surface area contributed by atoms with Crippen molar-refractivity contribution in [1.82, 2.24) is 0 Å². The van der Waals surface area contributed by atoms with E-state index in [2.05, 4.69) is 0 Å². The second-order valence-corrected chi connectivity index (χ2v) is 1.35. The summed E-state index contributed by atoms with van der Waals surface area (Å²) in [6, 6.07) is 0. The molecule has 0 aliphatic heterocycles. The molecule has 0 aromatic rings. The normalized spacial score (nSPS) is 10.6. The van der Waals surface area contributed by atoms with Crippen molar-refractivity contribution >= 4 is 11.1 Å². The monoisotopic (exact) mass is 132 g/mol. The summed E-state index contributed by atoms with van der Waals surface area (Å²) in [5.41, 5.74) is 0. The molecule has 0 radical (unpaired) electrons. The van der Waals surface area contributed by atoms with E-state index in [1.807, 2.05) is 0 Å². The first kappa shape index (κ1) is 15.8. The summed E-state index contributed by atoms with van der Waals surface area (Å²) >= 11 is -2.02. The molecule has 5 nitrogen and oxygen atoms in total. The second-order valence-electron chi connectivity index (χ2n) is 0.451. The lowest BCUT2D eigenvalue weighted by molar-refractivity contribution is 0.354. The van der Waals surface area contributed by atoms with Crippen molar-refractivity contribution in [3.05, 3.63) is 0 Å². The minimum atomic E-state index is -2.02. The first-order valence-corrected chi connectivity index (χ1v) is 2.23. The van der Waals surface area contributed by atoms with Gasteiger partial charge in [0.25, 0.3) is 0 Å². The molecule has 6 N–H and O–H groups in total. The third-order valence-corrected chi connectivity index (χ3v) is 0.331. The third kappa shape index (κ3) is 24.1. The zero-order chi connectivity index (χ0) is 4.28. The standard InChI is InChI=1S/CH4O3S.2H2O/c2-1-5(3)4;;/h2H,1H2,(H,3,4);2*1H2. The minimum Gasteiger partial charge on any atom is -0.412 e. The summed E-state index contributed by atoms with van der Waals surface area (Å²) in [6.45, 7) is 0. The molecule has 0 saturated heterocycles. The summed E-state index contributed by atoms with van der Waals surface area (Å²) in [5, 5.41) is 7.59. The summed E-state index contributed by atoms with van der Waals surface area (Å²) in [7, 11) is 0. The van der Waals surface area contributed by atoms with Gasteiger partial charge in [-0.15, -0.1) is 0 Å². The smallest absolute Gasteiger partial charge is 0.179 e. The van der Waals surface area contributed by atoms with Crippen LogP contribution in [-0.4, -0.2) is 30.8 Å². The molecule has 0 aliphatic rings. The van der Waals surface area contributed by atoms with Gasteiger partial charge in [-0.3, -0.25) is 0 Å². The van der Waals surface area contributed by atoms with Gasteiger partial charge in [-0.05, 0) is 0 Å². The van der Waals surface area contributed by atoms with Gasteiger partial charge in [-0.25, -0.2) is 4.21 Å². The highest BCUT2D eigenvalue weighted by Crippen LogP contribution is 1.59. The topological polar surface area (TPSA) is 121 Å². The van der Waals surface area contributed by atoms with Crippen LogP contribution in [0, 0.1) is 0 Å². The average Bonchev–Trinajstić information content (AvgIpc) is 1.38. The maximum Gasteiger partial charge on any atom is 0.179 e. The maximum atomic E-state index is 9.23. The molecule has 0 heterocycles. The van der Waals surface area contributed by atoms with Crippen LogP contribution in [0.25, 0.3) is 0 Å². The molecule has 0 rings (SSSR count). The van der Waals surface area contributed by atoms with Crippen LogP contribution in [0.2, 0.25) is 0 Å². The Kier molecular flexibility index (Phi) is 21.1. The highest BCUT2D eigenvalue weighted by Gasteiger charge is 1.77. The van der Waals surface area contributed by atoms with Crippen LogP contribution in [0.1, 0.15) is 0 Å². The van der Waals surface area contributed by atoms with Crippen molar-refractivity contribution in [3.8, 4) is 0 Å². The predicted octanol–water partition coefficient (Wildman–Crippen LogP) is -2.49. The van der Waals surface area contributed by atoms with Gasteiger partial charge in [0.2, 0.25) is 0 Å². The lowest BCUT2D eigenvalue weighted by Gasteiger charge is -1.73. The van der Waals surface area contributed by atoms with Gasteiger partial charge in [-0.2, -0.15) is 0 Å². The molecule has 0 aromatic heterocycles. The average molecular weight is 132 g/mol. The fourth-order valence-electron chi connectivity index (χ4n) is 0. The van der Waals surface area contributed by atoms with Gasteiger partial charge in [0, 0.05) is 0 Å². The van der Waals surface area contributed by atoms with Crippen LogP contribution in [-0.2, 0) is 11.1 Å². The highest BCUT2D eigenvalue weighted by atomic mass is 32.2. The predicted molar refractivity (Wildman–Crippen MR) is 25.1 cm³/mol. The minimum absolute atomic E-state index is 0. The number of rotatable bonds is 1. The second kappa shape index (κ2) is 9.37. The SMILES string of the molecule is O.O.O=S(O)CO. The van der Waals surface area contributed by atoms with E-state index >= 15 is 0 Å². The molecular formula is CH8O5S. The van der Waals surface area contributed by atoms with Crippen molar-refractivity contribution in [2.75, 3.05) is 5.94 Å². The zero-order valence-corrected chi connectivity index (χ0v) is 4.23. The van der Waals surface area contributed by atoms with Crippen molar-refractivity contribution < 1.29 is 24.8 Å². The van der Waals surface area contributed by atoms with Gasteiger partial charge in [-0.1, -0.05) is 0 Å². The first-order valence-electron chi connectivity index (χ1n) is 0.954. The molecule has 0 bridgehead atoms. The highest BCUT2D eigenvalue weighted by molar-refractivity contribution is 7.78. The molecule has 0 spiro atoms. The molecule has 0 aromatic carbocycles. The van der Waals surface area contributed by atoms with E-state index < -0.39 is 17.0 Å². The van der Waals surface area contributed by atoms with E-state index in [9.17, 15) is 4.21 Å². The van der Waals surface area contributed by atoms with E-state index in [-0.39, 0.29) is 11.0 Å². The van der Waals surface area contributed by atoms with E-state index in [4.69, 9.17) is 9.66 Å². The van der Waals surface area contributed by atoms with Crippen LogP contribution < -0.4 is 0 Å². The lowest BCUT2D eigenvalue weighted by Crippen LogP contribution is -1.89. The first-order chi connectivity index (χ1) is 2.27. The van der Waals surface area contributed by atoms with Crippen molar-refractivity contribution in [1.29, 1.82) is 0 Å². The largest absolute Gasteiger partial charge is 0.412 e. The molecule has 0 amide bonds. The van der Waals surface area contributed by atoms with Crippen LogP contribution in [0.5, 0.6) is 0 Å². The summed E-state index contributed by atoms with van der Waals surface area (Å²) in [6.07, 6.45) is 0. The third-order valence-electron chi connectivity index (χ3n) is 0.110. The Morgan fingerprint density at radius 1 is 1.43 bits per heavy atom. The molecule has 0 fully saturated rings. The number of hydrogen-bond acceptors (Lipinski definition) is 2. The fraction of sp³-hybridized carbons (Fsp3) is 1.00. The van der Waals surface area contributed by atoms with Crippen LogP contribution in [0.15, 0.2) is 0 Å². The van der Waals surface area contributed by atoms with Crippen molar-refractivity contribution in [3.63, 3.8) is 0 Å². The van der Waals surface area contributed by atoms with Gasteiger partial charge < -0.3 is 20.6 Å². The number of aliphatic hydroxyl groups is 1. The Balaban J connectivity index is -0.0000000800. The molecule has 1 atom stereocenters. The van der Waals surface area contributed by atoms with Gasteiger partial charge >= 0.3 is 0 Å². The Bertz CT molecular complexity index is 43.3. The molecule has 1 unspecified atom stereocenters. The fourth-order valence-corrected chi connectivity index (χ4v) is 0. The molecule has 0 saturated carbocycles. The molecule has 6 heteroatoms. The number of hydrogen-bond donors (Lipinski definition) is 2.